The largest absolute Gasteiger partial charge is 0.235 e. The Morgan fingerprint density at radius 1 is 1.00 bits per heavy atom. The van der Waals surface area contributed by atoms with Crippen LogP contribution in [0, 0.1) is 12.7 Å². The lowest BCUT2D eigenvalue weighted by atomic mass is 10.2. The highest BCUT2D eigenvalue weighted by atomic mass is 32.2. The highest BCUT2D eigenvalue weighted by molar-refractivity contribution is 7.98. The molecule has 2 heterocycles. The van der Waals surface area contributed by atoms with Gasteiger partial charge in [0.1, 0.15) is 17.2 Å². The van der Waals surface area contributed by atoms with Gasteiger partial charge in [-0.1, -0.05) is 42.0 Å². The molecule has 5 heteroatoms. The fourth-order valence-electron chi connectivity index (χ4n) is 2.53. The summed E-state index contributed by atoms with van der Waals surface area (Å²) in [5.74, 6) is 0.648. The minimum atomic E-state index is -0.223. The Kier molecular flexibility index (Phi) is 4.51. The molecular formula is C20H15FN2S2. The van der Waals surface area contributed by atoms with Crippen LogP contribution in [-0.4, -0.2) is 9.97 Å². The van der Waals surface area contributed by atoms with E-state index in [0.29, 0.717) is 0 Å². The van der Waals surface area contributed by atoms with E-state index in [4.69, 9.17) is 0 Å². The van der Waals surface area contributed by atoms with Crippen LogP contribution in [0.25, 0.3) is 20.7 Å². The van der Waals surface area contributed by atoms with Crippen LogP contribution in [0.15, 0.2) is 66.0 Å². The molecule has 0 aliphatic carbocycles. The average molecular weight is 366 g/mol. The van der Waals surface area contributed by atoms with E-state index in [1.165, 1.54) is 23.3 Å². The Bertz CT molecular complexity index is 1010. The van der Waals surface area contributed by atoms with Gasteiger partial charge in [-0.05, 0) is 36.2 Å². The lowest BCUT2D eigenvalue weighted by molar-refractivity contribution is 0.628. The monoisotopic (exact) mass is 366 g/mol. The van der Waals surface area contributed by atoms with Gasteiger partial charge in [0.25, 0.3) is 0 Å². The van der Waals surface area contributed by atoms with Gasteiger partial charge in [-0.3, -0.25) is 0 Å². The van der Waals surface area contributed by atoms with E-state index in [0.717, 1.165) is 31.4 Å². The minimum Gasteiger partial charge on any atom is -0.235 e. The van der Waals surface area contributed by atoms with Crippen molar-refractivity contribution in [2.75, 3.05) is 0 Å². The van der Waals surface area contributed by atoms with Crippen LogP contribution in [-0.2, 0) is 5.75 Å². The van der Waals surface area contributed by atoms with Gasteiger partial charge in [-0.2, -0.15) is 0 Å². The maximum atomic E-state index is 13.1. The third-order valence-corrected chi connectivity index (χ3v) is 6.27. The molecule has 0 aliphatic heterocycles. The second-order valence-electron chi connectivity index (χ2n) is 5.79. The zero-order valence-electron chi connectivity index (χ0n) is 13.6. The number of thioether (sulfide) groups is 1. The highest BCUT2D eigenvalue weighted by Crippen LogP contribution is 2.37. The standard InChI is InChI=1S/C20H15FN2S2/c1-13-2-4-14(5-3-13)11-24-20-19-17(22-12-23-20)10-18(25-19)15-6-8-16(21)9-7-15/h2-10,12H,11H2,1H3. The summed E-state index contributed by atoms with van der Waals surface area (Å²) in [5, 5.41) is 0.990. The summed E-state index contributed by atoms with van der Waals surface area (Å²) >= 11 is 3.37. The Morgan fingerprint density at radius 2 is 1.76 bits per heavy atom. The molecule has 0 radical (unpaired) electrons. The van der Waals surface area contributed by atoms with Crippen LogP contribution in [0.2, 0.25) is 0 Å². The number of halogens is 1. The molecule has 0 bridgehead atoms. The predicted molar refractivity (Wildman–Crippen MR) is 104 cm³/mol. The molecule has 0 fully saturated rings. The molecule has 2 nitrogen and oxygen atoms in total. The first-order valence-corrected chi connectivity index (χ1v) is 9.68. The van der Waals surface area contributed by atoms with E-state index < -0.39 is 0 Å². The first-order valence-electron chi connectivity index (χ1n) is 7.88. The van der Waals surface area contributed by atoms with Crippen molar-refractivity contribution in [1.82, 2.24) is 9.97 Å². The molecule has 0 N–H and O–H groups in total. The second kappa shape index (κ2) is 6.94. The molecule has 0 aliphatic rings. The normalized spacial score (nSPS) is 11.1. The lowest BCUT2D eigenvalue weighted by Gasteiger charge is -2.02. The number of benzene rings is 2. The summed E-state index contributed by atoms with van der Waals surface area (Å²) < 4.78 is 14.2. The van der Waals surface area contributed by atoms with E-state index in [9.17, 15) is 4.39 Å². The van der Waals surface area contributed by atoms with Crippen molar-refractivity contribution in [3.8, 4) is 10.4 Å². The minimum absolute atomic E-state index is 0.223. The fourth-order valence-corrected chi connectivity index (χ4v) is 4.68. The van der Waals surface area contributed by atoms with Gasteiger partial charge < -0.3 is 0 Å². The maximum absolute atomic E-state index is 13.1. The maximum Gasteiger partial charge on any atom is 0.123 e. The molecule has 2 aromatic heterocycles. The van der Waals surface area contributed by atoms with Crippen molar-refractivity contribution in [3.05, 3.63) is 77.9 Å². The number of aromatic nitrogens is 2. The Morgan fingerprint density at radius 3 is 2.52 bits per heavy atom. The summed E-state index contributed by atoms with van der Waals surface area (Å²) in [7, 11) is 0. The van der Waals surface area contributed by atoms with Gasteiger partial charge in [0.05, 0.1) is 10.2 Å². The smallest absolute Gasteiger partial charge is 0.123 e. The van der Waals surface area contributed by atoms with Crippen molar-refractivity contribution < 1.29 is 4.39 Å². The summed E-state index contributed by atoms with van der Waals surface area (Å²) in [6.45, 7) is 2.09. The lowest BCUT2D eigenvalue weighted by Crippen LogP contribution is -1.85. The molecule has 25 heavy (non-hydrogen) atoms. The molecule has 2 aromatic carbocycles. The zero-order chi connectivity index (χ0) is 17.2. The second-order valence-corrected chi connectivity index (χ2v) is 7.80. The van der Waals surface area contributed by atoms with Crippen LogP contribution < -0.4 is 0 Å². The quantitative estimate of drug-likeness (QED) is 0.322. The Labute approximate surface area is 153 Å². The first-order chi connectivity index (χ1) is 12.2. The number of fused-ring (bicyclic) bond motifs is 1. The predicted octanol–water partition coefficient (Wildman–Crippen LogP) is 6.10. The fraction of sp³-hybridized carbons (Fsp3) is 0.100. The Balaban J connectivity index is 1.63. The van der Waals surface area contributed by atoms with Crippen molar-refractivity contribution in [3.63, 3.8) is 0 Å². The van der Waals surface area contributed by atoms with Crippen LogP contribution in [0.3, 0.4) is 0 Å². The highest BCUT2D eigenvalue weighted by Gasteiger charge is 2.11. The third kappa shape index (κ3) is 3.57. The van der Waals surface area contributed by atoms with Gasteiger partial charge in [0.2, 0.25) is 0 Å². The molecular weight excluding hydrogens is 351 g/mol. The van der Waals surface area contributed by atoms with Crippen molar-refractivity contribution in [2.45, 2.75) is 17.7 Å². The Hall–Kier alpha value is -2.24. The SMILES string of the molecule is Cc1ccc(CSc2ncnc3cc(-c4ccc(F)cc4)sc23)cc1. The van der Waals surface area contributed by atoms with Gasteiger partial charge >= 0.3 is 0 Å². The average Bonchev–Trinajstić information content (AvgIpc) is 3.06. The molecule has 0 saturated carbocycles. The summed E-state index contributed by atoms with van der Waals surface area (Å²) in [6, 6.07) is 17.2. The summed E-state index contributed by atoms with van der Waals surface area (Å²) in [5.41, 5.74) is 4.47. The van der Waals surface area contributed by atoms with Crippen LogP contribution in [0.5, 0.6) is 0 Å². The van der Waals surface area contributed by atoms with Gasteiger partial charge in [0, 0.05) is 10.6 Å². The molecule has 4 rings (SSSR count). The van der Waals surface area contributed by atoms with E-state index in [1.54, 1.807) is 41.6 Å². The number of hydrogen-bond donors (Lipinski definition) is 0. The van der Waals surface area contributed by atoms with Crippen LogP contribution >= 0.6 is 23.1 Å². The molecule has 0 saturated heterocycles. The van der Waals surface area contributed by atoms with Gasteiger partial charge in [0.15, 0.2) is 0 Å². The van der Waals surface area contributed by atoms with E-state index in [2.05, 4.69) is 41.2 Å². The number of hydrogen-bond acceptors (Lipinski definition) is 4. The number of aryl methyl sites for hydroxylation is 1. The number of nitrogens with zero attached hydrogens (tertiary/aromatic N) is 2. The number of thiophene rings is 1. The first kappa shape index (κ1) is 16.2. The molecule has 0 atom stereocenters. The topological polar surface area (TPSA) is 25.8 Å². The molecule has 0 spiro atoms. The van der Waals surface area contributed by atoms with Gasteiger partial charge in [-0.15, -0.1) is 23.1 Å². The summed E-state index contributed by atoms with van der Waals surface area (Å²) in [4.78, 5) is 9.92. The van der Waals surface area contributed by atoms with Gasteiger partial charge in [-0.25, -0.2) is 14.4 Å². The number of rotatable bonds is 4. The zero-order valence-corrected chi connectivity index (χ0v) is 15.2. The molecule has 0 amide bonds. The third-order valence-electron chi connectivity index (χ3n) is 3.90. The molecule has 0 unspecified atom stereocenters. The van der Waals surface area contributed by atoms with Crippen molar-refractivity contribution >= 4 is 33.3 Å². The van der Waals surface area contributed by atoms with Crippen molar-refractivity contribution in [2.24, 2.45) is 0 Å². The van der Waals surface area contributed by atoms with E-state index in [1.807, 2.05) is 6.07 Å². The van der Waals surface area contributed by atoms with Crippen LogP contribution in [0.4, 0.5) is 4.39 Å². The summed E-state index contributed by atoms with van der Waals surface area (Å²) in [6.07, 6.45) is 1.61. The van der Waals surface area contributed by atoms with E-state index >= 15 is 0 Å². The molecule has 4 aromatic rings. The van der Waals surface area contributed by atoms with Crippen molar-refractivity contribution in [1.29, 1.82) is 0 Å². The van der Waals surface area contributed by atoms with E-state index in [-0.39, 0.29) is 5.82 Å². The molecule has 124 valence electrons. The van der Waals surface area contributed by atoms with Crippen LogP contribution in [0.1, 0.15) is 11.1 Å².